The number of carbonyl (C=O) groups is 2. The number of methoxy groups -OCH3 is 2. The molecule has 2 amide bonds. The van der Waals surface area contributed by atoms with Crippen molar-refractivity contribution in [2.24, 2.45) is 5.92 Å². The first-order valence-corrected chi connectivity index (χ1v) is 9.73. The number of carbonyl (C=O) groups excluding carboxylic acids is 2. The molecule has 3 rings (SSSR count). The predicted molar refractivity (Wildman–Crippen MR) is 106 cm³/mol. The summed E-state index contributed by atoms with van der Waals surface area (Å²) in [5.41, 5.74) is 0.892. The molecule has 29 heavy (non-hydrogen) atoms. The summed E-state index contributed by atoms with van der Waals surface area (Å²) in [6, 6.07) is 5.52. The molecule has 2 heterocycles. The highest BCUT2D eigenvalue weighted by molar-refractivity contribution is 5.90. The molecule has 1 atom stereocenters. The van der Waals surface area contributed by atoms with Gasteiger partial charge in [-0.25, -0.2) is 4.98 Å². The van der Waals surface area contributed by atoms with E-state index >= 15 is 0 Å². The molecule has 0 aliphatic carbocycles. The second kappa shape index (κ2) is 9.90. The third-order valence-corrected chi connectivity index (χ3v) is 5.17. The van der Waals surface area contributed by atoms with Crippen LogP contribution in [0.1, 0.15) is 41.9 Å². The summed E-state index contributed by atoms with van der Waals surface area (Å²) < 4.78 is 10.5. The second-order valence-corrected chi connectivity index (χ2v) is 7.09. The summed E-state index contributed by atoms with van der Waals surface area (Å²) in [7, 11) is 3.19. The van der Waals surface area contributed by atoms with E-state index in [9.17, 15) is 9.59 Å². The van der Waals surface area contributed by atoms with Gasteiger partial charge in [0.05, 0.1) is 14.2 Å². The Balaban J connectivity index is 1.45. The van der Waals surface area contributed by atoms with Gasteiger partial charge >= 0.3 is 0 Å². The molecule has 156 valence electrons. The van der Waals surface area contributed by atoms with Gasteiger partial charge in [-0.15, -0.1) is 0 Å². The molecule has 1 fully saturated rings. The van der Waals surface area contributed by atoms with Crippen molar-refractivity contribution in [1.82, 2.24) is 25.4 Å². The maximum atomic E-state index is 12.4. The van der Waals surface area contributed by atoms with Crippen LogP contribution in [0.5, 0.6) is 11.5 Å². The fourth-order valence-corrected chi connectivity index (χ4v) is 3.56. The first-order valence-electron chi connectivity index (χ1n) is 9.73. The Hall–Kier alpha value is -3.10. The van der Waals surface area contributed by atoms with Crippen LogP contribution < -0.4 is 14.8 Å². The summed E-state index contributed by atoms with van der Waals surface area (Å²) in [6.45, 7) is 1.74. The number of rotatable bonds is 8. The molecule has 0 radical (unpaired) electrons. The Morgan fingerprint density at radius 1 is 1.31 bits per heavy atom. The monoisotopic (exact) mass is 401 g/mol. The lowest BCUT2D eigenvalue weighted by molar-refractivity contribution is -0.121. The molecule has 0 spiro atoms. The van der Waals surface area contributed by atoms with Crippen LogP contribution >= 0.6 is 0 Å². The van der Waals surface area contributed by atoms with E-state index in [2.05, 4.69) is 20.5 Å². The fraction of sp³-hybridized carbons (Fsp3) is 0.500. The van der Waals surface area contributed by atoms with Gasteiger partial charge in [0.1, 0.15) is 17.8 Å². The van der Waals surface area contributed by atoms with E-state index in [0.29, 0.717) is 43.5 Å². The van der Waals surface area contributed by atoms with Crippen LogP contribution in [-0.2, 0) is 11.3 Å². The average molecular weight is 401 g/mol. The number of aromatic nitrogens is 3. The number of H-pyrrole nitrogens is 1. The number of hydrogen-bond acceptors (Lipinski definition) is 6. The lowest BCUT2D eigenvalue weighted by Gasteiger charge is -2.32. The van der Waals surface area contributed by atoms with Gasteiger partial charge in [-0.1, -0.05) is 0 Å². The van der Waals surface area contributed by atoms with Crippen molar-refractivity contribution in [2.75, 3.05) is 27.3 Å². The molecule has 1 aromatic carbocycles. The molecule has 0 bridgehead atoms. The third kappa shape index (κ3) is 5.46. The highest BCUT2D eigenvalue weighted by atomic mass is 16.5. The maximum absolute atomic E-state index is 12.4. The molecule has 0 saturated carbocycles. The molecule has 2 N–H and O–H groups in total. The van der Waals surface area contributed by atoms with Gasteiger partial charge in [0.15, 0.2) is 0 Å². The number of hydrogen-bond donors (Lipinski definition) is 2. The van der Waals surface area contributed by atoms with Crippen LogP contribution in [0.25, 0.3) is 0 Å². The van der Waals surface area contributed by atoms with Crippen LogP contribution in [0.15, 0.2) is 24.5 Å². The quantitative estimate of drug-likeness (QED) is 0.698. The molecular formula is C20H27N5O4. The van der Waals surface area contributed by atoms with Gasteiger partial charge in [0.2, 0.25) is 11.7 Å². The van der Waals surface area contributed by atoms with Gasteiger partial charge < -0.3 is 19.7 Å². The van der Waals surface area contributed by atoms with Gasteiger partial charge in [0, 0.05) is 37.7 Å². The summed E-state index contributed by atoms with van der Waals surface area (Å²) in [5.74, 6) is 1.80. The zero-order valence-electron chi connectivity index (χ0n) is 16.8. The molecular weight excluding hydrogens is 374 g/mol. The number of amides is 2. The Bertz CT molecular complexity index is 824. The van der Waals surface area contributed by atoms with E-state index in [1.807, 2.05) is 12.1 Å². The van der Waals surface area contributed by atoms with Crippen molar-refractivity contribution in [3.05, 3.63) is 35.9 Å². The van der Waals surface area contributed by atoms with Crippen molar-refractivity contribution in [2.45, 2.75) is 32.2 Å². The first-order chi connectivity index (χ1) is 14.1. The summed E-state index contributed by atoms with van der Waals surface area (Å²) in [4.78, 5) is 30.4. The van der Waals surface area contributed by atoms with Crippen molar-refractivity contribution in [1.29, 1.82) is 0 Å². The van der Waals surface area contributed by atoms with Crippen LogP contribution in [0.3, 0.4) is 0 Å². The van der Waals surface area contributed by atoms with E-state index in [-0.39, 0.29) is 17.6 Å². The lowest BCUT2D eigenvalue weighted by Crippen LogP contribution is -2.40. The van der Waals surface area contributed by atoms with E-state index in [4.69, 9.17) is 9.47 Å². The van der Waals surface area contributed by atoms with E-state index in [1.165, 1.54) is 6.33 Å². The van der Waals surface area contributed by atoms with Crippen molar-refractivity contribution < 1.29 is 19.1 Å². The lowest BCUT2D eigenvalue weighted by atomic mass is 9.93. The van der Waals surface area contributed by atoms with Crippen molar-refractivity contribution >= 4 is 11.8 Å². The van der Waals surface area contributed by atoms with Gasteiger partial charge in [-0.2, -0.15) is 5.10 Å². The second-order valence-electron chi connectivity index (χ2n) is 7.09. The highest BCUT2D eigenvalue weighted by Gasteiger charge is 2.26. The topological polar surface area (TPSA) is 109 Å². The van der Waals surface area contributed by atoms with Gasteiger partial charge in [-0.3, -0.25) is 14.7 Å². The Morgan fingerprint density at radius 2 is 2.17 bits per heavy atom. The largest absolute Gasteiger partial charge is 0.497 e. The van der Waals surface area contributed by atoms with Crippen LogP contribution in [0, 0.1) is 5.92 Å². The normalized spacial score (nSPS) is 16.3. The number of aromatic amines is 1. The third-order valence-electron chi connectivity index (χ3n) is 5.17. The molecule has 1 aliphatic heterocycles. The standard InChI is InChI=1S/C20H27N5O4/c1-28-16-7-6-15(17(10-16)29-2)11-21-18(26)8-5-14-4-3-9-25(12-14)20(27)19-22-13-23-24-19/h6-7,10,13-14H,3-5,8-9,11-12H2,1-2H3,(H,21,26)(H,22,23,24)/t14-/m1/s1. The minimum absolute atomic E-state index is 0.0124. The summed E-state index contributed by atoms with van der Waals surface area (Å²) in [6.07, 6.45) is 4.44. The number of ether oxygens (including phenoxy) is 2. The summed E-state index contributed by atoms with van der Waals surface area (Å²) in [5, 5.41) is 9.29. The fourth-order valence-electron chi connectivity index (χ4n) is 3.56. The Labute approximate surface area is 169 Å². The molecule has 0 unspecified atom stereocenters. The average Bonchev–Trinajstić information content (AvgIpc) is 3.30. The smallest absolute Gasteiger partial charge is 0.291 e. The SMILES string of the molecule is COc1ccc(CNC(=O)CC[C@H]2CCCN(C(=O)c3ncn[nH]3)C2)c(OC)c1. The minimum atomic E-state index is -0.136. The van der Waals surface area contributed by atoms with E-state index in [0.717, 1.165) is 24.8 Å². The van der Waals surface area contributed by atoms with Gasteiger partial charge in [0.25, 0.3) is 5.91 Å². The Kier molecular flexibility index (Phi) is 7.04. The number of benzene rings is 1. The minimum Gasteiger partial charge on any atom is -0.497 e. The van der Waals surface area contributed by atoms with Crippen LogP contribution in [-0.4, -0.2) is 59.2 Å². The number of likely N-dealkylation sites (tertiary alicyclic amines) is 1. The highest BCUT2D eigenvalue weighted by Crippen LogP contribution is 2.25. The number of nitrogens with zero attached hydrogens (tertiary/aromatic N) is 3. The first kappa shape index (κ1) is 20.6. The zero-order chi connectivity index (χ0) is 20.6. The van der Waals surface area contributed by atoms with Crippen LogP contribution in [0.2, 0.25) is 0 Å². The van der Waals surface area contributed by atoms with E-state index < -0.39 is 0 Å². The van der Waals surface area contributed by atoms with Crippen molar-refractivity contribution in [3.63, 3.8) is 0 Å². The number of piperidine rings is 1. The zero-order valence-corrected chi connectivity index (χ0v) is 16.8. The van der Waals surface area contributed by atoms with Crippen LogP contribution in [0.4, 0.5) is 0 Å². The van der Waals surface area contributed by atoms with Crippen molar-refractivity contribution in [3.8, 4) is 11.5 Å². The van der Waals surface area contributed by atoms with Gasteiger partial charge in [-0.05, 0) is 37.3 Å². The summed E-state index contributed by atoms with van der Waals surface area (Å²) >= 11 is 0. The molecule has 9 heteroatoms. The molecule has 2 aromatic rings. The molecule has 1 saturated heterocycles. The molecule has 1 aromatic heterocycles. The Morgan fingerprint density at radius 3 is 2.90 bits per heavy atom. The van der Waals surface area contributed by atoms with E-state index in [1.54, 1.807) is 25.2 Å². The maximum Gasteiger partial charge on any atom is 0.291 e. The molecule has 9 nitrogen and oxygen atoms in total. The molecule has 1 aliphatic rings. The number of nitrogens with one attached hydrogen (secondary N) is 2. The predicted octanol–water partition coefficient (Wildman–Crippen LogP) is 1.77.